The van der Waals surface area contributed by atoms with Gasteiger partial charge >= 0.3 is 0 Å². The largest absolute Gasteiger partial charge is 0.299 e. The van der Waals surface area contributed by atoms with Crippen molar-refractivity contribution in [2.45, 2.75) is 40.5 Å². The van der Waals surface area contributed by atoms with E-state index in [1.54, 1.807) is 0 Å². The minimum Gasteiger partial charge on any atom is -0.299 e. The Hall–Kier alpha value is -1.62. The quantitative estimate of drug-likeness (QED) is 0.793. The van der Waals surface area contributed by atoms with Gasteiger partial charge in [-0.25, -0.2) is 0 Å². The summed E-state index contributed by atoms with van der Waals surface area (Å²) in [6.45, 7) is 8.12. The number of carbonyl (C=O) groups is 1. The number of nitrogens with zero attached hydrogens (tertiary/aromatic N) is 1. The van der Waals surface area contributed by atoms with Crippen LogP contribution in [0.5, 0.6) is 0 Å². The standard InChI is InChI=1S/C16H21NO/c1-11(2)5-13-6-14(8-15(7-13)10-17)9-16(18)12(3)4/h6-8,11-12H,5,9H2,1-4H3. The Kier molecular flexibility index (Phi) is 5.09. The summed E-state index contributed by atoms with van der Waals surface area (Å²) in [5.74, 6) is 0.817. The first-order valence-corrected chi connectivity index (χ1v) is 6.48. The zero-order chi connectivity index (χ0) is 13.7. The number of hydrogen-bond acceptors (Lipinski definition) is 2. The van der Waals surface area contributed by atoms with Gasteiger partial charge in [-0.1, -0.05) is 33.8 Å². The Morgan fingerprint density at radius 1 is 1.17 bits per heavy atom. The first-order valence-electron chi connectivity index (χ1n) is 6.48. The van der Waals surface area contributed by atoms with Crippen LogP contribution in [0.1, 0.15) is 44.4 Å². The van der Waals surface area contributed by atoms with Gasteiger partial charge in [0.1, 0.15) is 5.78 Å². The van der Waals surface area contributed by atoms with Gasteiger partial charge in [0.2, 0.25) is 0 Å². The van der Waals surface area contributed by atoms with Crippen LogP contribution in [0.25, 0.3) is 0 Å². The lowest BCUT2D eigenvalue weighted by Gasteiger charge is -2.09. The maximum Gasteiger partial charge on any atom is 0.139 e. The monoisotopic (exact) mass is 243 g/mol. The van der Waals surface area contributed by atoms with Crippen molar-refractivity contribution in [1.82, 2.24) is 0 Å². The molecule has 0 aliphatic carbocycles. The second kappa shape index (κ2) is 6.35. The van der Waals surface area contributed by atoms with Crippen LogP contribution in [0.2, 0.25) is 0 Å². The lowest BCUT2D eigenvalue weighted by Crippen LogP contribution is -2.10. The summed E-state index contributed by atoms with van der Waals surface area (Å²) in [4.78, 5) is 11.8. The summed E-state index contributed by atoms with van der Waals surface area (Å²) >= 11 is 0. The molecule has 0 N–H and O–H groups in total. The van der Waals surface area contributed by atoms with Crippen LogP contribution in [0.4, 0.5) is 0 Å². The molecule has 0 saturated carbocycles. The van der Waals surface area contributed by atoms with Gasteiger partial charge in [-0.2, -0.15) is 5.26 Å². The summed E-state index contributed by atoms with van der Waals surface area (Å²) in [7, 11) is 0. The predicted octanol–water partition coefficient (Wildman–Crippen LogP) is 3.52. The van der Waals surface area contributed by atoms with E-state index in [0.717, 1.165) is 17.5 Å². The molecule has 0 saturated heterocycles. The highest BCUT2D eigenvalue weighted by Crippen LogP contribution is 2.15. The molecular formula is C16H21NO. The van der Waals surface area contributed by atoms with E-state index < -0.39 is 0 Å². The number of Topliss-reactive ketones (excluding diaryl/α,β-unsaturated/α-hetero) is 1. The fourth-order valence-corrected chi connectivity index (χ4v) is 1.92. The molecule has 18 heavy (non-hydrogen) atoms. The molecular weight excluding hydrogens is 222 g/mol. The van der Waals surface area contributed by atoms with Crippen molar-refractivity contribution in [2.75, 3.05) is 0 Å². The maximum absolute atomic E-state index is 11.8. The molecule has 0 radical (unpaired) electrons. The van der Waals surface area contributed by atoms with Crippen molar-refractivity contribution in [3.8, 4) is 6.07 Å². The average Bonchev–Trinajstić information content (AvgIpc) is 2.27. The second-order valence-corrected chi connectivity index (χ2v) is 5.55. The maximum atomic E-state index is 11.8. The van der Waals surface area contributed by atoms with Crippen molar-refractivity contribution < 1.29 is 4.79 Å². The zero-order valence-electron chi connectivity index (χ0n) is 11.7. The normalized spacial score (nSPS) is 10.7. The third kappa shape index (κ3) is 4.33. The van der Waals surface area contributed by atoms with Gasteiger partial charge in [0.05, 0.1) is 11.6 Å². The van der Waals surface area contributed by atoms with E-state index in [-0.39, 0.29) is 11.7 Å². The molecule has 96 valence electrons. The highest BCUT2D eigenvalue weighted by Gasteiger charge is 2.10. The highest BCUT2D eigenvalue weighted by atomic mass is 16.1. The molecule has 0 unspecified atom stereocenters. The van der Waals surface area contributed by atoms with Crippen LogP contribution in [0, 0.1) is 23.2 Å². The molecule has 0 atom stereocenters. The molecule has 0 fully saturated rings. The van der Waals surface area contributed by atoms with Gasteiger partial charge in [-0.05, 0) is 35.6 Å². The topological polar surface area (TPSA) is 40.9 Å². The SMILES string of the molecule is CC(C)Cc1cc(C#N)cc(CC(=O)C(C)C)c1. The number of nitriles is 1. The van der Waals surface area contributed by atoms with Gasteiger partial charge in [-0.15, -0.1) is 0 Å². The van der Waals surface area contributed by atoms with Gasteiger partial charge < -0.3 is 0 Å². The summed E-state index contributed by atoms with van der Waals surface area (Å²) in [5.41, 5.74) is 2.76. The molecule has 1 aromatic rings. The van der Waals surface area contributed by atoms with Crippen molar-refractivity contribution in [1.29, 1.82) is 5.26 Å². The Morgan fingerprint density at radius 2 is 1.78 bits per heavy atom. The molecule has 0 bridgehead atoms. The minimum atomic E-state index is 0.0456. The Bertz CT molecular complexity index is 466. The molecule has 0 aromatic heterocycles. The number of hydrogen-bond donors (Lipinski definition) is 0. The van der Waals surface area contributed by atoms with Crippen LogP contribution in [0.15, 0.2) is 18.2 Å². The Morgan fingerprint density at radius 3 is 2.28 bits per heavy atom. The van der Waals surface area contributed by atoms with Gasteiger partial charge in [0.25, 0.3) is 0 Å². The lowest BCUT2D eigenvalue weighted by molar-refractivity contribution is -0.121. The molecule has 0 heterocycles. The van der Waals surface area contributed by atoms with E-state index in [4.69, 9.17) is 5.26 Å². The fraction of sp³-hybridized carbons (Fsp3) is 0.500. The third-order valence-corrected chi connectivity index (χ3v) is 2.85. The van der Waals surface area contributed by atoms with E-state index in [1.165, 1.54) is 0 Å². The summed E-state index contributed by atoms with van der Waals surface area (Å²) < 4.78 is 0. The lowest BCUT2D eigenvalue weighted by atomic mass is 9.95. The third-order valence-electron chi connectivity index (χ3n) is 2.85. The highest BCUT2D eigenvalue weighted by molar-refractivity contribution is 5.82. The van der Waals surface area contributed by atoms with Crippen molar-refractivity contribution in [3.63, 3.8) is 0 Å². The summed E-state index contributed by atoms with van der Waals surface area (Å²) in [6.07, 6.45) is 1.37. The van der Waals surface area contributed by atoms with Crippen LogP contribution in [-0.2, 0) is 17.6 Å². The fourth-order valence-electron chi connectivity index (χ4n) is 1.92. The van der Waals surface area contributed by atoms with Gasteiger partial charge in [0, 0.05) is 12.3 Å². The molecule has 0 aliphatic rings. The first kappa shape index (κ1) is 14.4. The summed E-state index contributed by atoms with van der Waals surface area (Å²) in [6, 6.07) is 7.97. The van der Waals surface area contributed by atoms with E-state index in [2.05, 4.69) is 26.0 Å². The summed E-state index contributed by atoms with van der Waals surface area (Å²) in [5, 5.41) is 9.03. The number of ketones is 1. The van der Waals surface area contributed by atoms with E-state index in [1.807, 2.05) is 26.0 Å². The number of benzene rings is 1. The molecule has 2 nitrogen and oxygen atoms in total. The number of carbonyl (C=O) groups excluding carboxylic acids is 1. The van der Waals surface area contributed by atoms with Crippen LogP contribution in [0.3, 0.4) is 0 Å². The first-order chi connectivity index (χ1) is 8.42. The molecule has 1 aromatic carbocycles. The second-order valence-electron chi connectivity index (χ2n) is 5.55. The average molecular weight is 243 g/mol. The molecule has 0 spiro atoms. The van der Waals surface area contributed by atoms with Gasteiger partial charge in [0.15, 0.2) is 0 Å². The van der Waals surface area contributed by atoms with Gasteiger partial charge in [-0.3, -0.25) is 4.79 Å². The van der Waals surface area contributed by atoms with Crippen molar-refractivity contribution in [2.24, 2.45) is 11.8 Å². The number of rotatable bonds is 5. The smallest absolute Gasteiger partial charge is 0.139 e. The Labute approximate surface area is 110 Å². The predicted molar refractivity (Wildman–Crippen MR) is 73.2 cm³/mol. The Balaban J connectivity index is 2.98. The van der Waals surface area contributed by atoms with Crippen LogP contribution < -0.4 is 0 Å². The zero-order valence-corrected chi connectivity index (χ0v) is 11.7. The molecule has 0 amide bonds. The van der Waals surface area contributed by atoms with E-state index in [9.17, 15) is 4.79 Å². The van der Waals surface area contributed by atoms with E-state index >= 15 is 0 Å². The van der Waals surface area contributed by atoms with Crippen molar-refractivity contribution >= 4 is 5.78 Å². The van der Waals surface area contributed by atoms with Crippen LogP contribution >= 0.6 is 0 Å². The van der Waals surface area contributed by atoms with Crippen molar-refractivity contribution in [3.05, 3.63) is 34.9 Å². The molecule has 2 heteroatoms. The molecule has 0 aliphatic heterocycles. The van der Waals surface area contributed by atoms with Crippen LogP contribution in [-0.4, -0.2) is 5.78 Å². The van der Waals surface area contributed by atoms with E-state index in [0.29, 0.717) is 17.9 Å². The minimum absolute atomic E-state index is 0.0456. The molecule has 1 rings (SSSR count).